The summed E-state index contributed by atoms with van der Waals surface area (Å²) in [5, 5.41) is 3.11. The van der Waals surface area contributed by atoms with Crippen LogP contribution in [0, 0.1) is 0 Å². The van der Waals surface area contributed by atoms with Crippen LogP contribution in [0.4, 0.5) is 0 Å². The Labute approximate surface area is 151 Å². The van der Waals surface area contributed by atoms with Gasteiger partial charge in [0, 0.05) is 12.6 Å². The molecule has 2 aliphatic rings. The second-order valence-electron chi connectivity index (χ2n) is 7.11. The molecule has 0 saturated carbocycles. The summed E-state index contributed by atoms with van der Waals surface area (Å²) in [4.78, 5) is 14.6. The summed E-state index contributed by atoms with van der Waals surface area (Å²) >= 11 is 0. The molecule has 0 aromatic heterocycles. The molecule has 1 atom stereocenters. The largest absolute Gasteiger partial charge is 0.497 e. The standard InChI is InChI=1S/C21H30N2O2/c1-25-19-11-9-18(10-12-19)20-8-5-15-23(20)16-21(24)22-14-13-17-6-3-2-4-7-17/h6,9-12,20H,2-5,7-8,13-16H2,1H3,(H,22,24)/t20-/m1/s1. The van der Waals surface area contributed by atoms with E-state index < -0.39 is 0 Å². The van der Waals surface area contributed by atoms with Gasteiger partial charge in [-0.3, -0.25) is 9.69 Å². The van der Waals surface area contributed by atoms with E-state index >= 15 is 0 Å². The van der Waals surface area contributed by atoms with Crippen molar-refractivity contribution in [1.29, 1.82) is 0 Å². The van der Waals surface area contributed by atoms with Crippen molar-refractivity contribution in [3.05, 3.63) is 41.5 Å². The van der Waals surface area contributed by atoms with Crippen LogP contribution in [0.1, 0.15) is 56.6 Å². The van der Waals surface area contributed by atoms with Gasteiger partial charge in [0.2, 0.25) is 5.91 Å². The topological polar surface area (TPSA) is 41.6 Å². The Bertz CT molecular complexity index is 594. The summed E-state index contributed by atoms with van der Waals surface area (Å²) in [6, 6.07) is 8.59. The number of ether oxygens (including phenoxy) is 1. The van der Waals surface area contributed by atoms with Crippen LogP contribution in [-0.4, -0.2) is 37.6 Å². The molecule has 1 N–H and O–H groups in total. The SMILES string of the molecule is COc1ccc([C@H]2CCCN2CC(=O)NCCC2=CCCCC2)cc1. The molecule has 4 heteroatoms. The summed E-state index contributed by atoms with van der Waals surface area (Å²) in [5.74, 6) is 1.03. The zero-order valence-corrected chi connectivity index (χ0v) is 15.3. The Morgan fingerprint density at radius 1 is 1.24 bits per heavy atom. The first-order chi connectivity index (χ1) is 12.3. The van der Waals surface area contributed by atoms with Gasteiger partial charge in [-0.15, -0.1) is 0 Å². The van der Waals surface area contributed by atoms with E-state index in [0.29, 0.717) is 12.6 Å². The van der Waals surface area contributed by atoms with E-state index in [0.717, 1.165) is 38.1 Å². The number of likely N-dealkylation sites (tertiary alicyclic amines) is 1. The van der Waals surface area contributed by atoms with E-state index in [-0.39, 0.29) is 5.91 Å². The van der Waals surface area contributed by atoms with Gasteiger partial charge >= 0.3 is 0 Å². The molecule has 1 aromatic rings. The fraction of sp³-hybridized carbons (Fsp3) is 0.571. The average Bonchev–Trinajstić information content (AvgIpc) is 3.10. The van der Waals surface area contributed by atoms with Crippen LogP contribution in [0.2, 0.25) is 0 Å². The van der Waals surface area contributed by atoms with Gasteiger partial charge in [-0.05, 0) is 69.2 Å². The molecule has 3 rings (SSSR count). The highest BCUT2D eigenvalue weighted by Gasteiger charge is 2.27. The second kappa shape index (κ2) is 9.04. The maximum absolute atomic E-state index is 12.3. The molecule has 1 fully saturated rings. The van der Waals surface area contributed by atoms with Crippen LogP contribution >= 0.6 is 0 Å². The molecular formula is C21H30N2O2. The predicted octanol–water partition coefficient (Wildman–Crippen LogP) is 3.84. The van der Waals surface area contributed by atoms with Crippen molar-refractivity contribution in [2.75, 3.05) is 26.7 Å². The zero-order valence-electron chi connectivity index (χ0n) is 15.3. The number of nitrogens with one attached hydrogen (secondary N) is 1. The van der Waals surface area contributed by atoms with Gasteiger partial charge in [0.25, 0.3) is 0 Å². The van der Waals surface area contributed by atoms with Crippen molar-refractivity contribution in [3.63, 3.8) is 0 Å². The molecule has 1 aliphatic heterocycles. The van der Waals surface area contributed by atoms with Crippen molar-refractivity contribution < 1.29 is 9.53 Å². The number of methoxy groups -OCH3 is 1. The molecule has 1 aliphatic carbocycles. The average molecular weight is 342 g/mol. The van der Waals surface area contributed by atoms with Gasteiger partial charge in [0.15, 0.2) is 0 Å². The van der Waals surface area contributed by atoms with Crippen LogP contribution in [0.15, 0.2) is 35.9 Å². The number of carbonyl (C=O) groups is 1. The highest BCUT2D eigenvalue weighted by Crippen LogP contribution is 2.32. The summed E-state index contributed by atoms with van der Waals surface area (Å²) in [6.07, 6.45) is 10.7. The van der Waals surface area contributed by atoms with E-state index in [2.05, 4.69) is 28.4 Å². The van der Waals surface area contributed by atoms with Crippen LogP contribution in [0.25, 0.3) is 0 Å². The Hall–Kier alpha value is -1.81. The smallest absolute Gasteiger partial charge is 0.234 e. The Morgan fingerprint density at radius 2 is 2.08 bits per heavy atom. The van der Waals surface area contributed by atoms with E-state index in [4.69, 9.17) is 4.74 Å². The molecule has 25 heavy (non-hydrogen) atoms. The number of rotatable bonds is 7. The number of amides is 1. The quantitative estimate of drug-likeness (QED) is 0.766. The number of hydrogen-bond donors (Lipinski definition) is 1. The molecule has 0 unspecified atom stereocenters. The Balaban J connectivity index is 1.47. The molecular weight excluding hydrogens is 312 g/mol. The molecule has 4 nitrogen and oxygen atoms in total. The monoisotopic (exact) mass is 342 g/mol. The van der Waals surface area contributed by atoms with Gasteiger partial charge < -0.3 is 10.1 Å². The molecule has 136 valence electrons. The van der Waals surface area contributed by atoms with Crippen molar-refractivity contribution in [1.82, 2.24) is 10.2 Å². The maximum Gasteiger partial charge on any atom is 0.234 e. The van der Waals surface area contributed by atoms with Gasteiger partial charge in [-0.25, -0.2) is 0 Å². The van der Waals surface area contributed by atoms with Gasteiger partial charge in [0.05, 0.1) is 13.7 Å². The number of hydrogen-bond acceptors (Lipinski definition) is 3. The highest BCUT2D eigenvalue weighted by atomic mass is 16.5. The third-order valence-corrected chi connectivity index (χ3v) is 5.36. The fourth-order valence-electron chi connectivity index (χ4n) is 3.95. The van der Waals surface area contributed by atoms with Gasteiger partial charge in [-0.1, -0.05) is 23.8 Å². The summed E-state index contributed by atoms with van der Waals surface area (Å²) in [5.41, 5.74) is 2.79. The minimum Gasteiger partial charge on any atom is -0.497 e. The van der Waals surface area contributed by atoms with Crippen molar-refractivity contribution in [2.45, 2.75) is 51.0 Å². The molecule has 1 amide bonds. The lowest BCUT2D eigenvalue weighted by atomic mass is 9.97. The first-order valence-electron chi connectivity index (χ1n) is 9.59. The lowest BCUT2D eigenvalue weighted by molar-refractivity contribution is -0.122. The van der Waals surface area contributed by atoms with E-state index in [1.807, 2.05) is 12.1 Å². The van der Waals surface area contributed by atoms with Crippen LogP contribution in [0.3, 0.4) is 0 Å². The molecule has 1 aromatic carbocycles. The number of allylic oxidation sites excluding steroid dienone is 1. The molecule has 0 radical (unpaired) electrons. The molecule has 0 spiro atoms. The molecule has 0 bridgehead atoms. The van der Waals surface area contributed by atoms with E-state index in [1.165, 1.54) is 36.8 Å². The van der Waals surface area contributed by atoms with Crippen molar-refractivity contribution in [2.24, 2.45) is 0 Å². The first-order valence-corrected chi connectivity index (χ1v) is 9.59. The minimum atomic E-state index is 0.150. The summed E-state index contributed by atoms with van der Waals surface area (Å²) < 4.78 is 5.24. The van der Waals surface area contributed by atoms with Crippen LogP contribution in [-0.2, 0) is 4.79 Å². The van der Waals surface area contributed by atoms with Gasteiger partial charge in [0.1, 0.15) is 5.75 Å². The van der Waals surface area contributed by atoms with Crippen LogP contribution < -0.4 is 10.1 Å². The first kappa shape index (κ1) is 18.0. The highest BCUT2D eigenvalue weighted by molar-refractivity contribution is 5.78. The second-order valence-corrected chi connectivity index (χ2v) is 7.11. The van der Waals surface area contributed by atoms with Gasteiger partial charge in [-0.2, -0.15) is 0 Å². The zero-order chi connectivity index (χ0) is 17.5. The minimum absolute atomic E-state index is 0.150. The van der Waals surface area contributed by atoms with Crippen molar-refractivity contribution in [3.8, 4) is 5.75 Å². The predicted molar refractivity (Wildman–Crippen MR) is 101 cm³/mol. The van der Waals surface area contributed by atoms with Crippen molar-refractivity contribution >= 4 is 5.91 Å². The van der Waals surface area contributed by atoms with E-state index in [1.54, 1.807) is 7.11 Å². The lowest BCUT2D eigenvalue weighted by Gasteiger charge is -2.24. The third kappa shape index (κ3) is 5.08. The number of carbonyl (C=O) groups excluding carboxylic acids is 1. The molecule has 1 saturated heterocycles. The number of nitrogens with zero attached hydrogens (tertiary/aromatic N) is 1. The Kier molecular flexibility index (Phi) is 6.51. The third-order valence-electron chi connectivity index (χ3n) is 5.36. The van der Waals surface area contributed by atoms with Crippen LogP contribution in [0.5, 0.6) is 5.75 Å². The lowest BCUT2D eigenvalue weighted by Crippen LogP contribution is -2.37. The summed E-state index contributed by atoms with van der Waals surface area (Å²) in [6.45, 7) is 2.26. The normalized spacial score (nSPS) is 21.0. The summed E-state index contributed by atoms with van der Waals surface area (Å²) in [7, 11) is 1.69. The fourth-order valence-corrected chi connectivity index (χ4v) is 3.95. The Morgan fingerprint density at radius 3 is 2.80 bits per heavy atom. The van der Waals surface area contributed by atoms with E-state index in [9.17, 15) is 4.79 Å². The maximum atomic E-state index is 12.3. The molecule has 1 heterocycles. The number of benzene rings is 1.